The molecule has 0 aromatic heterocycles. The fourth-order valence-electron chi connectivity index (χ4n) is 2.59. The summed E-state index contributed by atoms with van der Waals surface area (Å²) < 4.78 is 5.12. The first-order chi connectivity index (χ1) is 13.3. The molecule has 2 aromatic rings. The Kier molecular flexibility index (Phi) is 5.72. The highest BCUT2D eigenvalue weighted by atomic mass is 35.5. The lowest BCUT2D eigenvalue weighted by Gasteiger charge is -2.16. The Labute approximate surface area is 171 Å². The highest BCUT2D eigenvalue weighted by Gasteiger charge is 2.39. The number of imide groups is 1. The molecular weight excluding hydrogens is 403 g/mol. The molecule has 0 spiro atoms. The normalized spacial score (nSPS) is 14.1. The van der Waals surface area contributed by atoms with Gasteiger partial charge in [-0.3, -0.25) is 9.59 Å². The zero-order valence-electron chi connectivity index (χ0n) is 15.0. The Morgan fingerprint density at radius 2 is 1.71 bits per heavy atom. The molecule has 0 unspecified atom stereocenters. The van der Waals surface area contributed by atoms with Crippen molar-refractivity contribution in [1.29, 1.82) is 0 Å². The maximum absolute atomic E-state index is 12.8. The minimum Gasteiger partial charge on any atom is -0.459 e. The van der Waals surface area contributed by atoms with Gasteiger partial charge in [-0.25, -0.2) is 9.69 Å². The van der Waals surface area contributed by atoms with E-state index >= 15 is 0 Å². The van der Waals surface area contributed by atoms with Gasteiger partial charge in [0.2, 0.25) is 0 Å². The summed E-state index contributed by atoms with van der Waals surface area (Å²) in [6.45, 7) is 3.49. The number of nitrogens with zero attached hydrogens (tertiary/aromatic N) is 1. The van der Waals surface area contributed by atoms with Gasteiger partial charge in [0.05, 0.1) is 17.4 Å². The number of ether oxygens (including phenoxy) is 1. The van der Waals surface area contributed by atoms with Crippen LogP contribution >= 0.6 is 23.2 Å². The summed E-state index contributed by atoms with van der Waals surface area (Å²) in [6, 6.07) is 12.6. The topological polar surface area (TPSA) is 75.7 Å². The molecule has 2 aromatic carbocycles. The molecule has 0 aliphatic carbocycles. The van der Waals surface area contributed by atoms with Crippen LogP contribution in [0.4, 0.5) is 11.4 Å². The Morgan fingerprint density at radius 3 is 2.32 bits per heavy atom. The first-order valence-corrected chi connectivity index (χ1v) is 9.15. The van der Waals surface area contributed by atoms with E-state index in [2.05, 4.69) is 5.32 Å². The number of hydrogen-bond donors (Lipinski definition) is 1. The lowest BCUT2D eigenvalue weighted by molar-refractivity contribution is -0.120. The van der Waals surface area contributed by atoms with Gasteiger partial charge in [0.25, 0.3) is 11.8 Å². The maximum atomic E-state index is 12.8. The minimum atomic E-state index is -0.659. The number of carbonyl (C=O) groups excluding carboxylic acids is 3. The second-order valence-corrected chi connectivity index (χ2v) is 7.09. The van der Waals surface area contributed by atoms with E-state index < -0.39 is 17.8 Å². The van der Waals surface area contributed by atoms with E-state index in [9.17, 15) is 14.4 Å². The van der Waals surface area contributed by atoms with Crippen molar-refractivity contribution < 1.29 is 19.1 Å². The number of anilines is 2. The van der Waals surface area contributed by atoms with Gasteiger partial charge in [-0.15, -0.1) is 0 Å². The molecule has 0 bridgehead atoms. The third-order valence-electron chi connectivity index (χ3n) is 3.83. The SMILES string of the molecule is CC(C)OC(=O)c1ccc(N2C(=O)C(Cl)=C(Nc3cccc(Cl)c3)C2=O)cc1. The fourth-order valence-corrected chi connectivity index (χ4v) is 2.99. The molecular formula is C20H16Cl2N2O4. The molecule has 0 saturated heterocycles. The van der Waals surface area contributed by atoms with Crippen LogP contribution in [-0.2, 0) is 14.3 Å². The van der Waals surface area contributed by atoms with Crippen molar-refractivity contribution >= 4 is 52.4 Å². The number of esters is 1. The predicted molar refractivity (Wildman–Crippen MR) is 107 cm³/mol. The Hall–Kier alpha value is -2.83. The second-order valence-electron chi connectivity index (χ2n) is 6.27. The number of halogens is 2. The standard InChI is InChI=1S/C20H16Cl2N2O4/c1-11(2)28-20(27)12-6-8-15(9-7-12)24-18(25)16(22)17(19(24)26)23-14-5-3-4-13(21)10-14/h3-11,23H,1-2H3. The van der Waals surface area contributed by atoms with Crippen LogP contribution < -0.4 is 10.2 Å². The highest BCUT2D eigenvalue weighted by molar-refractivity contribution is 6.53. The molecule has 1 heterocycles. The van der Waals surface area contributed by atoms with Crippen molar-refractivity contribution in [3.63, 3.8) is 0 Å². The summed E-state index contributed by atoms with van der Waals surface area (Å²) >= 11 is 12.0. The molecule has 3 rings (SSSR count). The molecule has 8 heteroatoms. The molecule has 0 fully saturated rings. The van der Waals surface area contributed by atoms with E-state index in [1.807, 2.05) is 0 Å². The molecule has 1 aliphatic rings. The van der Waals surface area contributed by atoms with E-state index in [-0.39, 0.29) is 22.5 Å². The Morgan fingerprint density at radius 1 is 1.04 bits per heavy atom. The molecule has 2 amide bonds. The smallest absolute Gasteiger partial charge is 0.338 e. The van der Waals surface area contributed by atoms with Crippen LogP contribution in [-0.4, -0.2) is 23.9 Å². The van der Waals surface area contributed by atoms with Crippen LogP contribution in [0.2, 0.25) is 5.02 Å². The lowest BCUT2D eigenvalue weighted by Crippen LogP contribution is -2.32. The van der Waals surface area contributed by atoms with Gasteiger partial charge in [0.15, 0.2) is 0 Å². The first-order valence-electron chi connectivity index (χ1n) is 8.40. The van der Waals surface area contributed by atoms with Gasteiger partial charge in [-0.2, -0.15) is 0 Å². The number of hydrogen-bond acceptors (Lipinski definition) is 5. The van der Waals surface area contributed by atoms with Crippen molar-refractivity contribution in [2.45, 2.75) is 20.0 Å². The zero-order chi connectivity index (χ0) is 20.4. The Balaban J connectivity index is 1.82. The van der Waals surface area contributed by atoms with Crippen molar-refractivity contribution in [3.8, 4) is 0 Å². The van der Waals surface area contributed by atoms with Crippen LogP contribution in [0.5, 0.6) is 0 Å². The monoisotopic (exact) mass is 418 g/mol. The van der Waals surface area contributed by atoms with Crippen LogP contribution in [0.1, 0.15) is 24.2 Å². The first kappa shape index (κ1) is 19.9. The van der Waals surface area contributed by atoms with Gasteiger partial charge in [-0.1, -0.05) is 29.3 Å². The van der Waals surface area contributed by atoms with E-state index in [1.54, 1.807) is 38.1 Å². The summed E-state index contributed by atoms with van der Waals surface area (Å²) in [5.74, 6) is -1.75. The third kappa shape index (κ3) is 4.03. The summed E-state index contributed by atoms with van der Waals surface area (Å²) in [4.78, 5) is 38.1. The largest absolute Gasteiger partial charge is 0.459 e. The van der Waals surface area contributed by atoms with Crippen molar-refractivity contribution in [2.24, 2.45) is 0 Å². The molecule has 144 valence electrons. The lowest BCUT2D eigenvalue weighted by atomic mass is 10.2. The molecule has 0 saturated carbocycles. The second kappa shape index (κ2) is 8.04. The predicted octanol–water partition coefficient (Wildman–Crippen LogP) is 4.34. The van der Waals surface area contributed by atoms with Gasteiger partial charge in [0, 0.05) is 10.7 Å². The average molecular weight is 419 g/mol. The zero-order valence-corrected chi connectivity index (χ0v) is 16.5. The van der Waals surface area contributed by atoms with Gasteiger partial charge in [-0.05, 0) is 56.3 Å². The number of amides is 2. The number of benzene rings is 2. The summed E-state index contributed by atoms with van der Waals surface area (Å²) in [6.07, 6.45) is -0.253. The number of carbonyl (C=O) groups is 3. The highest BCUT2D eigenvalue weighted by Crippen LogP contribution is 2.30. The van der Waals surface area contributed by atoms with E-state index in [1.165, 1.54) is 24.3 Å². The van der Waals surface area contributed by atoms with Crippen molar-refractivity contribution in [1.82, 2.24) is 0 Å². The van der Waals surface area contributed by atoms with Crippen LogP contribution in [0.3, 0.4) is 0 Å². The van der Waals surface area contributed by atoms with E-state index in [0.29, 0.717) is 16.3 Å². The Bertz CT molecular complexity index is 984. The summed E-state index contributed by atoms with van der Waals surface area (Å²) in [5.41, 5.74) is 1.08. The maximum Gasteiger partial charge on any atom is 0.338 e. The third-order valence-corrected chi connectivity index (χ3v) is 4.41. The molecule has 1 aliphatic heterocycles. The average Bonchev–Trinajstić information content (AvgIpc) is 2.85. The molecule has 6 nitrogen and oxygen atoms in total. The van der Waals surface area contributed by atoms with Crippen LogP contribution in [0, 0.1) is 0 Å². The fraction of sp³-hybridized carbons (Fsp3) is 0.150. The van der Waals surface area contributed by atoms with Crippen LogP contribution in [0.15, 0.2) is 59.3 Å². The summed E-state index contributed by atoms with van der Waals surface area (Å²) in [5, 5.41) is 3.08. The van der Waals surface area contributed by atoms with E-state index in [4.69, 9.17) is 27.9 Å². The molecule has 0 atom stereocenters. The number of nitrogens with one attached hydrogen (secondary N) is 1. The van der Waals surface area contributed by atoms with Crippen molar-refractivity contribution in [2.75, 3.05) is 10.2 Å². The van der Waals surface area contributed by atoms with Crippen molar-refractivity contribution in [3.05, 3.63) is 69.8 Å². The summed E-state index contributed by atoms with van der Waals surface area (Å²) in [7, 11) is 0. The molecule has 0 radical (unpaired) electrons. The molecule has 1 N–H and O–H groups in total. The molecule has 28 heavy (non-hydrogen) atoms. The quantitative estimate of drug-likeness (QED) is 0.577. The number of rotatable bonds is 5. The van der Waals surface area contributed by atoms with Gasteiger partial charge >= 0.3 is 5.97 Å². The van der Waals surface area contributed by atoms with E-state index in [0.717, 1.165) is 4.90 Å². The van der Waals surface area contributed by atoms with Gasteiger partial charge < -0.3 is 10.1 Å². The van der Waals surface area contributed by atoms with Gasteiger partial charge in [0.1, 0.15) is 10.7 Å². The van der Waals surface area contributed by atoms with Crippen LogP contribution in [0.25, 0.3) is 0 Å². The minimum absolute atomic E-state index is 0.0442.